The molecule has 4 rings (SSSR count). The third kappa shape index (κ3) is 3.83. The number of para-hydroxylation sites is 2. The van der Waals surface area contributed by atoms with Crippen LogP contribution in [0, 0.1) is 17.2 Å². The molecule has 2 amide bonds. The number of Topliss-reactive ketones (excluding diaryl/α,β-unsaturated/α-hetero) is 1. The number of carbonyl (C=O) groups excluding carboxylic acids is 4. The van der Waals surface area contributed by atoms with E-state index in [4.69, 9.17) is 4.74 Å². The number of rotatable bonds is 6. The van der Waals surface area contributed by atoms with E-state index in [1.165, 1.54) is 12.1 Å². The summed E-state index contributed by atoms with van der Waals surface area (Å²) in [5.74, 6) is -2.83. The number of nitriles is 1. The summed E-state index contributed by atoms with van der Waals surface area (Å²) in [4.78, 5) is 56.1. The fourth-order valence-electron chi connectivity index (χ4n) is 4.49. The van der Waals surface area contributed by atoms with Crippen molar-refractivity contribution in [1.29, 1.82) is 5.26 Å². The van der Waals surface area contributed by atoms with Crippen molar-refractivity contribution in [3.8, 4) is 6.07 Å². The summed E-state index contributed by atoms with van der Waals surface area (Å²) >= 11 is 0. The topological polar surface area (TPSA) is 111 Å². The molecule has 35 heavy (non-hydrogen) atoms. The molecule has 2 aromatic carbocycles. The van der Waals surface area contributed by atoms with Crippen LogP contribution >= 0.6 is 0 Å². The molecule has 178 valence electrons. The zero-order valence-electron chi connectivity index (χ0n) is 19.8. The number of amides is 2. The lowest BCUT2D eigenvalue weighted by molar-refractivity contribution is -0.152. The number of ketones is 1. The molecule has 0 N–H and O–H groups in total. The highest BCUT2D eigenvalue weighted by Gasteiger charge is 2.45. The van der Waals surface area contributed by atoms with Crippen LogP contribution in [0.3, 0.4) is 0 Å². The average Bonchev–Trinajstić information content (AvgIpc) is 3.24. The SMILES string of the molecule is CC(C)[C@@H](C(=O)OCC(=O)C(C#N)=C1N(C)c2ccccc2N1C)N1C(=O)c2ccccc2C1=O. The third-order valence-corrected chi connectivity index (χ3v) is 6.18. The zero-order valence-corrected chi connectivity index (χ0v) is 19.8. The van der Waals surface area contributed by atoms with E-state index in [1.54, 1.807) is 49.9 Å². The third-order valence-electron chi connectivity index (χ3n) is 6.18. The maximum Gasteiger partial charge on any atom is 0.330 e. The van der Waals surface area contributed by atoms with Gasteiger partial charge < -0.3 is 14.5 Å². The summed E-state index contributed by atoms with van der Waals surface area (Å²) < 4.78 is 5.27. The van der Waals surface area contributed by atoms with E-state index in [0.717, 1.165) is 16.3 Å². The van der Waals surface area contributed by atoms with E-state index in [1.807, 2.05) is 30.3 Å². The van der Waals surface area contributed by atoms with Gasteiger partial charge in [-0.1, -0.05) is 38.1 Å². The Morgan fingerprint density at radius 1 is 0.914 bits per heavy atom. The van der Waals surface area contributed by atoms with Gasteiger partial charge in [-0.15, -0.1) is 0 Å². The van der Waals surface area contributed by atoms with Crippen LogP contribution in [0.15, 0.2) is 59.9 Å². The first-order valence-electron chi connectivity index (χ1n) is 11.1. The van der Waals surface area contributed by atoms with Crippen molar-refractivity contribution in [3.05, 3.63) is 71.1 Å². The lowest BCUT2D eigenvalue weighted by Gasteiger charge is -2.27. The number of esters is 1. The van der Waals surface area contributed by atoms with Gasteiger partial charge >= 0.3 is 5.97 Å². The highest BCUT2D eigenvalue weighted by Crippen LogP contribution is 2.40. The van der Waals surface area contributed by atoms with Crippen LogP contribution in [-0.4, -0.2) is 55.2 Å². The van der Waals surface area contributed by atoms with Crippen molar-refractivity contribution in [3.63, 3.8) is 0 Å². The molecule has 2 aliphatic heterocycles. The van der Waals surface area contributed by atoms with Crippen LogP contribution in [-0.2, 0) is 14.3 Å². The Hall–Kier alpha value is -4.45. The molecule has 0 radical (unpaired) electrons. The van der Waals surface area contributed by atoms with Gasteiger partial charge in [-0.25, -0.2) is 4.79 Å². The van der Waals surface area contributed by atoms with Crippen LogP contribution in [0.25, 0.3) is 0 Å². The molecule has 9 nitrogen and oxygen atoms in total. The van der Waals surface area contributed by atoms with Crippen LogP contribution in [0.1, 0.15) is 34.6 Å². The molecule has 2 aromatic rings. The second-order valence-corrected chi connectivity index (χ2v) is 8.66. The highest BCUT2D eigenvalue weighted by molar-refractivity contribution is 6.22. The predicted octanol–water partition coefficient (Wildman–Crippen LogP) is 2.74. The average molecular weight is 473 g/mol. The minimum Gasteiger partial charge on any atom is -0.456 e. The first-order chi connectivity index (χ1) is 16.7. The normalized spacial score (nSPS) is 15.2. The Kier molecular flexibility index (Phi) is 6.14. The van der Waals surface area contributed by atoms with Gasteiger partial charge in [0, 0.05) is 14.1 Å². The van der Waals surface area contributed by atoms with Crippen LogP contribution in [0.5, 0.6) is 0 Å². The minimum atomic E-state index is -1.21. The molecule has 0 spiro atoms. The fraction of sp³-hybridized carbons (Fsp3) is 0.269. The van der Waals surface area contributed by atoms with E-state index < -0.39 is 42.1 Å². The summed E-state index contributed by atoms with van der Waals surface area (Å²) in [5.41, 5.74) is 1.92. The maximum absolute atomic E-state index is 13.0. The molecule has 0 aliphatic carbocycles. The lowest BCUT2D eigenvalue weighted by Crippen LogP contribution is -2.49. The Labute approximate surface area is 202 Å². The summed E-state index contributed by atoms with van der Waals surface area (Å²) in [6.45, 7) is 2.66. The predicted molar refractivity (Wildman–Crippen MR) is 127 cm³/mol. The number of carbonyl (C=O) groups is 4. The van der Waals surface area contributed by atoms with Gasteiger partial charge in [0.25, 0.3) is 11.8 Å². The second kappa shape index (κ2) is 9.06. The quantitative estimate of drug-likeness (QED) is 0.273. The number of fused-ring (bicyclic) bond motifs is 2. The van der Waals surface area contributed by atoms with Gasteiger partial charge in [0.2, 0.25) is 5.78 Å². The number of hydrogen-bond acceptors (Lipinski definition) is 8. The smallest absolute Gasteiger partial charge is 0.330 e. The molecule has 0 saturated carbocycles. The van der Waals surface area contributed by atoms with E-state index in [-0.39, 0.29) is 16.7 Å². The molecule has 1 atom stereocenters. The molecular formula is C26H24N4O5. The van der Waals surface area contributed by atoms with E-state index in [0.29, 0.717) is 5.82 Å². The van der Waals surface area contributed by atoms with E-state index >= 15 is 0 Å². The Bertz CT molecular complexity index is 1260. The lowest BCUT2D eigenvalue weighted by atomic mass is 10.0. The van der Waals surface area contributed by atoms with Crippen molar-refractivity contribution in [2.75, 3.05) is 30.5 Å². The largest absolute Gasteiger partial charge is 0.456 e. The van der Waals surface area contributed by atoms with Gasteiger partial charge in [0.15, 0.2) is 6.61 Å². The molecule has 0 bridgehead atoms. The monoisotopic (exact) mass is 472 g/mol. The van der Waals surface area contributed by atoms with Gasteiger partial charge in [0.05, 0.1) is 22.5 Å². The minimum absolute atomic E-state index is 0.166. The van der Waals surface area contributed by atoms with Crippen molar-refractivity contribution >= 4 is 34.9 Å². The second-order valence-electron chi connectivity index (χ2n) is 8.66. The fourth-order valence-corrected chi connectivity index (χ4v) is 4.49. The molecule has 0 unspecified atom stereocenters. The number of imide groups is 1. The molecule has 0 aromatic heterocycles. The highest BCUT2D eigenvalue weighted by atomic mass is 16.5. The summed E-state index contributed by atoms with van der Waals surface area (Å²) in [6, 6.07) is 14.5. The standard InChI is InChI=1S/C26H24N4O5/c1-15(2)22(30-24(32)16-9-5-6-10-17(16)25(30)33)26(34)35-14-21(31)18(13-27)23-28(3)19-11-7-8-12-20(19)29(23)4/h5-12,15,22H,14H2,1-4H3/t22-/m0/s1. The van der Waals surface area contributed by atoms with Gasteiger partial charge in [-0.05, 0) is 30.2 Å². The van der Waals surface area contributed by atoms with Gasteiger partial charge in [-0.2, -0.15) is 5.26 Å². The van der Waals surface area contributed by atoms with Crippen LogP contribution in [0.4, 0.5) is 11.4 Å². The first-order valence-corrected chi connectivity index (χ1v) is 11.1. The van der Waals surface area contributed by atoms with Crippen LogP contribution in [0.2, 0.25) is 0 Å². The number of benzene rings is 2. The molecule has 2 aliphatic rings. The van der Waals surface area contributed by atoms with Crippen LogP contribution < -0.4 is 9.80 Å². The van der Waals surface area contributed by atoms with Crippen molar-refractivity contribution in [2.45, 2.75) is 19.9 Å². The van der Waals surface area contributed by atoms with E-state index in [2.05, 4.69) is 0 Å². The van der Waals surface area contributed by atoms with Gasteiger partial charge in [-0.3, -0.25) is 19.3 Å². The number of nitrogens with zero attached hydrogens (tertiary/aromatic N) is 4. The first kappa shape index (κ1) is 23.7. The zero-order chi connectivity index (χ0) is 25.4. The molecule has 9 heteroatoms. The number of ether oxygens (including phenoxy) is 1. The summed E-state index contributed by atoms with van der Waals surface area (Å²) in [6.07, 6.45) is 0. The maximum atomic E-state index is 13.0. The number of hydrogen-bond donors (Lipinski definition) is 0. The van der Waals surface area contributed by atoms with Gasteiger partial charge in [0.1, 0.15) is 23.5 Å². The van der Waals surface area contributed by atoms with E-state index in [9.17, 15) is 24.4 Å². The van der Waals surface area contributed by atoms with Crippen molar-refractivity contribution < 1.29 is 23.9 Å². The summed E-state index contributed by atoms with van der Waals surface area (Å²) in [5, 5.41) is 9.76. The number of anilines is 2. The Morgan fingerprint density at radius 2 is 1.40 bits per heavy atom. The summed E-state index contributed by atoms with van der Waals surface area (Å²) in [7, 11) is 3.48. The molecular weight excluding hydrogens is 448 g/mol. The van der Waals surface area contributed by atoms with Crippen molar-refractivity contribution in [1.82, 2.24) is 4.90 Å². The molecule has 0 fully saturated rings. The van der Waals surface area contributed by atoms with Crippen molar-refractivity contribution in [2.24, 2.45) is 5.92 Å². The molecule has 2 heterocycles. The Morgan fingerprint density at radius 3 is 1.86 bits per heavy atom. The molecule has 0 saturated heterocycles. The Balaban J connectivity index is 1.54.